The van der Waals surface area contributed by atoms with Gasteiger partial charge in [0.2, 0.25) is 0 Å². The summed E-state index contributed by atoms with van der Waals surface area (Å²) in [7, 11) is 1.55. The molecule has 2 heterocycles. The van der Waals surface area contributed by atoms with Gasteiger partial charge in [0.15, 0.2) is 0 Å². The first-order valence-electron chi connectivity index (χ1n) is 7.54. The molecule has 0 amide bonds. The van der Waals surface area contributed by atoms with Crippen molar-refractivity contribution in [3.8, 4) is 23.6 Å². The van der Waals surface area contributed by atoms with Crippen LogP contribution in [0.1, 0.15) is 0 Å². The number of methoxy groups -OCH3 is 1. The van der Waals surface area contributed by atoms with E-state index in [0.717, 1.165) is 49.5 Å². The molecule has 0 radical (unpaired) electrons. The van der Waals surface area contributed by atoms with Gasteiger partial charge in [-0.1, -0.05) is 11.8 Å². The fourth-order valence-electron chi connectivity index (χ4n) is 2.27. The molecule has 1 fully saturated rings. The third-order valence-electron chi connectivity index (χ3n) is 3.56. The Bertz CT molecular complexity index is 718. The second-order valence-electron chi connectivity index (χ2n) is 5.11. The molecule has 120 valence electrons. The molecule has 1 aliphatic rings. The van der Waals surface area contributed by atoms with Crippen LogP contribution in [0.5, 0.6) is 11.8 Å². The van der Waals surface area contributed by atoms with Crippen molar-refractivity contribution in [1.29, 1.82) is 0 Å². The highest BCUT2D eigenvalue weighted by Gasteiger charge is 2.07. The molecule has 0 bridgehead atoms. The lowest BCUT2D eigenvalue weighted by Gasteiger charge is -2.24. The summed E-state index contributed by atoms with van der Waals surface area (Å²) >= 11 is 0. The molecule has 1 aromatic heterocycles. The van der Waals surface area contributed by atoms with Crippen molar-refractivity contribution < 1.29 is 14.2 Å². The molecule has 3 rings (SSSR count). The predicted octanol–water partition coefficient (Wildman–Crippen LogP) is 1.35. The molecule has 0 N–H and O–H groups in total. The fourth-order valence-corrected chi connectivity index (χ4v) is 2.27. The van der Waals surface area contributed by atoms with Gasteiger partial charge in [-0.05, 0) is 12.1 Å². The maximum absolute atomic E-state index is 5.66. The number of benzene rings is 1. The topological polar surface area (TPSA) is 56.7 Å². The van der Waals surface area contributed by atoms with Gasteiger partial charge in [0.05, 0.1) is 32.4 Å². The normalized spacial score (nSPS) is 15.0. The van der Waals surface area contributed by atoms with E-state index in [-0.39, 0.29) is 0 Å². The molecular weight excluding hydrogens is 294 g/mol. The summed E-state index contributed by atoms with van der Waals surface area (Å²) < 4.78 is 16.0. The Morgan fingerprint density at radius 3 is 2.96 bits per heavy atom. The quantitative estimate of drug-likeness (QED) is 0.794. The third-order valence-corrected chi connectivity index (χ3v) is 3.56. The molecule has 0 spiro atoms. The summed E-state index contributed by atoms with van der Waals surface area (Å²) in [6.07, 6.45) is 1.73. The molecule has 6 heteroatoms. The van der Waals surface area contributed by atoms with Gasteiger partial charge in [-0.3, -0.25) is 4.90 Å². The second-order valence-corrected chi connectivity index (χ2v) is 5.11. The van der Waals surface area contributed by atoms with Gasteiger partial charge in [0, 0.05) is 30.7 Å². The zero-order valence-corrected chi connectivity index (χ0v) is 13.1. The molecular formula is C17H19N3O3. The monoisotopic (exact) mass is 313 g/mol. The highest BCUT2D eigenvalue weighted by atomic mass is 16.5. The molecule has 1 aliphatic heterocycles. The van der Waals surface area contributed by atoms with Crippen LogP contribution in [0.3, 0.4) is 0 Å². The Morgan fingerprint density at radius 1 is 1.26 bits per heavy atom. The van der Waals surface area contributed by atoms with Crippen LogP contribution in [-0.2, 0) is 4.74 Å². The highest BCUT2D eigenvalue weighted by Crippen LogP contribution is 2.20. The van der Waals surface area contributed by atoms with E-state index in [1.807, 2.05) is 18.2 Å². The van der Waals surface area contributed by atoms with Gasteiger partial charge in [0.1, 0.15) is 12.4 Å². The highest BCUT2D eigenvalue weighted by molar-refractivity contribution is 5.79. The third kappa shape index (κ3) is 4.31. The van der Waals surface area contributed by atoms with E-state index in [0.29, 0.717) is 12.6 Å². The van der Waals surface area contributed by atoms with E-state index in [1.165, 1.54) is 0 Å². The van der Waals surface area contributed by atoms with E-state index < -0.39 is 0 Å². The van der Waals surface area contributed by atoms with Crippen molar-refractivity contribution in [1.82, 2.24) is 14.9 Å². The van der Waals surface area contributed by atoms with Crippen molar-refractivity contribution in [3.63, 3.8) is 0 Å². The van der Waals surface area contributed by atoms with Crippen molar-refractivity contribution in [2.75, 3.05) is 46.6 Å². The first kappa shape index (κ1) is 15.5. The summed E-state index contributed by atoms with van der Waals surface area (Å²) in [5.74, 6) is 6.91. The lowest BCUT2D eigenvalue weighted by Crippen LogP contribution is -2.36. The summed E-state index contributed by atoms with van der Waals surface area (Å²) in [5.41, 5.74) is 0.788. The Hall–Kier alpha value is -2.36. The molecule has 1 saturated heterocycles. The molecule has 23 heavy (non-hydrogen) atoms. The van der Waals surface area contributed by atoms with Crippen LogP contribution in [0.2, 0.25) is 0 Å². The molecule has 0 saturated carbocycles. The average molecular weight is 313 g/mol. The van der Waals surface area contributed by atoms with E-state index in [9.17, 15) is 0 Å². The van der Waals surface area contributed by atoms with Gasteiger partial charge in [-0.2, -0.15) is 4.98 Å². The minimum Gasteiger partial charge on any atom is -0.481 e. The number of hydrogen-bond donors (Lipinski definition) is 0. The van der Waals surface area contributed by atoms with Crippen molar-refractivity contribution in [2.24, 2.45) is 0 Å². The van der Waals surface area contributed by atoms with Crippen LogP contribution in [0.25, 0.3) is 10.9 Å². The fraction of sp³-hybridized carbons (Fsp3) is 0.412. The van der Waals surface area contributed by atoms with Crippen LogP contribution >= 0.6 is 0 Å². The van der Waals surface area contributed by atoms with Gasteiger partial charge in [0.25, 0.3) is 0 Å². The summed E-state index contributed by atoms with van der Waals surface area (Å²) in [4.78, 5) is 10.6. The number of hydrogen-bond acceptors (Lipinski definition) is 6. The number of rotatable bonds is 4. The maximum Gasteiger partial charge on any atom is 0.316 e. The largest absolute Gasteiger partial charge is 0.481 e. The van der Waals surface area contributed by atoms with Crippen molar-refractivity contribution in [3.05, 3.63) is 24.4 Å². The standard InChI is InChI=1S/C17H19N3O3/c1-21-17-18-13-14-4-5-15(12-16(14)19-17)23-9-3-2-6-20-7-10-22-11-8-20/h4-5,12-13H,6-11H2,1H3. The average Bonchev–Trinajstić information content (AvgIpc) is 2.61. The van der Waals surface area contributed by atoms with Crippen molar-refractivity contribution in [2.45, 2.75) is 0 Å². The Kier molecular flexibility index (Phi) is 5.25. The Balaban J connectivity index is 1.54. The summed E-state index contributed by atoms with van der Waals surface area (Å²) in [6, 6.07) is 6.02. The number of morpholine rings is 1. The number of fused-ring (bicyclic) bond motifs is 1. The van der Waals surface area contributed by atoms with Crippen molar-refractivity contribution >= 4 is 10.9 Å². The summed E-state index contributed by atoms with van der Waals surface area (Å²) in [6.45, 7) is 4.59. The van der Waals surface area contributed by atoms with Gasteiger partial charge in [-0.25, -0.2) is 4.98 Å². The molecule has 6 nitrogen and oxygen atoms in total. The number of aromatic nitrogens is 2. The zero-order chi connectivity index (χ0) is 15.9. The second kappa shape index (κ2) is 7.77. The van der Waals surface area contributed by atoms with Crippen LogP contribution in [-0.4, -0.2) is 61.4 Å². The van der Waals surface area contributed by atoms with Crippen LogP contribution < -0.4 is 9.47 Å². The Morgan fingerprint density at radius 2 is 2.13 bits per heavy atom. The van der Waals surface area contributed by atoms with E-state index in [2.05, 4.69) is 26.7 Å². The van der Waals surface area contributed by atoms with Gasteiger partial charge < -0.3 is 14.2 Å². The number of ether oxygens (including phenoxy) is 3. The predicted molar refractivity (Wildman–Crippen MR) is 86.6 cm³/mol. The minimum atomic E-state index is 0.347. The molecule has 1 aromatic carbocycles. The first-order chi connectivity index (χ1) is 11.3. The molecule has 0 unspecified atom stereocenters. The summed E-state index contributed by atoms with van der Waals surface area (Å²) in [5, 5.41) is 0.941. The molecule has 2 aromatic rings. The minimum absolute atomic E-state index is 0.347. The molecule has 0 atom stereocenters. The molecule has 0 aliphatic carbocycles. The van der Waals surface area contributed by atoms with Gasteiger partial charge in [-0.15, -0.1) is 0 Å². The van der Waals surface area contributed by atoms with E-state index in [1.54, 1.807) is 13.3 Å². The lowest BCUT2D eigenvalue weighted by molar-refractivity contribution is 0.0443. The lowest BCUT2D eigenvalue weighted by atomic mass is 10.2. The zero-order valence-electron chi connectivity index (χ0n) is 13.1. The maximum atomic E-state index is 5.66. The smallest absolute Gasteiger partial charge is 0.316 e. The first-order valence-corrected chi connectivity index (χ1v) is 7.54. The Labute approximate surface area is 135 Å². The van der Waals surface area contributed by atoms with Crippen LogP contribution in [0, 0.1) is 11.8 Å². The van der Waals surface area contributed by atoms with Crippen LogP contribution in [0.15, 0.2) is 24.4 Å². The van der Waals surface area contributed by atoms with Gasteiger partial charge >= 0.3 is 6.01 Å². The van der Waals surface area contributed by atoms with E-state index >= 15 is 0 Å². The van der Waals surface area contributed by atoms with Crippen LogP contribution in [0.4, 0.5) is 0 Å². The SMILES string of the molecule is COc1ncc2ccc(OCC#CCN3CCOCC3)cc2n1. The number of nitrogens with zero attached hydrogens (tertiary/aromatic N) is 3. The van der Waals surface area contributed by atoms with E-state index in [4.69, 9.17) is 14.2 Å².